The maximum Gasteiger partial charge on any atom is 0.295 e. The minimum Gasteiger partial charge on any atom is -0.496 e. The second-order valence-electron chi connectivity index (χ2n) is 3.59. The molecule has 1 N–H and O–H groups in total. The van der Waals surface area contributed by atoms with Crippen molar-refractivity contribution >= 4 is 10.9 Å². The minimum absolute atomic E-state index is 0.200. The molecule has 0 unspecified atom stereocenters. The minimum atomic E-state index is -2.81. The van der Waals surface area contributed by atoms with E-state index in [1.54, 1.807) is 13.0 Å². The number of aryl methyl sites for hydroxylation is 1. The molecule has 2 aromatic rings. The number of halogens is 2. The van der Waals surface area contributed by atoms with Crippen LogP contribution in [0.25, 0.3) is 10.9 Å². The Balaban J connectivity index is 2.78. The Morgan fingerprint density at radius 1 is 1.41 bits per heavy atom. The van der Waals surface area contributed by atoms with Crippen LogP contribution in [0.2, 0.25) is 0 Å². The first kappa shape index (κ1) is 11.5. The number of methoxy groups -OCH3 is 1. The van der Waals surface area contributed by atoms with Crippen LogP contribution >= 0.6 is 0 Å². The summed E-state index contributed by atoms with van der Waals surface area (Å²) in [6, 6.07) is 3.04. The molecule has 0 saturated heterocycles. The normalized spacial score (nSPS) is 11.1. The van der Waals surface area contributed by atoms with Crippen molar-refractivity contribution < 1.29 is 13.5 Å². The van der Waals surface area contributed by atoms with Crippen LogP contribution in [0.1, 0.15) is 17.8 Å². The molecule has 0 saturated carbocycles. The van der Waals surface area contributed by atoms with Gasteiger partial charge in [0, 0.05) is 6.07 Å². The average Bonchev–Trinajstić information content (AvgIpc) is 2.29. The van der Waals surface area contributed by atoms with Gasteiger partial charge in [-0.25, -0.2) is 13.8 Å². The first-order valence-corrected chi connectivity index (χ1v) is 4.89. The van der Waals surface area contributed by atoms with Gasteiger partial charge in [0.2, 0.25) is 0 Å². The van der Waals surface area contributed by atoms with Crippen molar-refractivity contribution in [3.8, 4) is 5.75 Å². The number of H-pyrrole nitrogens is 1. The fourth-order valence-corrected chi connectivity index (χ4v) is 1.62. The molecule has 1 aromatic carbocycles. The lowest BCUT2D eigenvalue weighted by molar-refractivity contribution is 0.140. The number of benzene rings is 1. The van der Waals surface area contributed by atoms with Gasteiger partial charge in [-0.1, -0.05) is 0 Å². The zero-order chi connectivity index (χ0) is 12.6. The smallest absolute Gasteiger partial charge is 0.295 e. The summed E-state index contributed by atoms with van der Waals surface area (Å²) in [4.78, 5) is 17.3. The van der Waals surface area contributed by atoms with Gasteiger partial charge in [0.15, 0.2) is 5.82 Å². The predicted octanol–water partition coefficient (Wildman–Crippen LogP) is 2.18. The summed E-state index contributed by atoms with van der Waals surface area (Å²) in [6.07, 6.45) is -2.81. The van der Waals surface area contributed by atoms with E-state index in [2.05, 4.69) is 9.97 Å². The van der Waals surface area contributed by atoms with Crippen LogP contribution in [0, 0.1) is 6.92 Å². The summed E-state index contributed by atoms with van der Waals surface area (Å²) in [5, 5.41) is 0.271. The number of aromatic nitrogens is 2. The average molecular weight is 240 g/mol. The van der Waals surface area contributed by atoms with E-state index in [-0.39, 0.29) is 10.9 Å². The van der Waals surface area contributed by atoms with Crippen molar-refractivity contribution in [2.24, 2.45) is 0 Å². The maximum absolute atomic E-state index is 12.5. The Hall–Kier alpha value is -1.98. The lowest BCUT2D eigenvalue weighted by Gasteiger charge is -2.07. The van der Waals surface area contributed by atoms with Gasteiger partial charge in [-0.05, 0) is 18.6 Å². The van der Waals surface area contributed by atoms with Crippen LogP contribution < -0.4 is 10.3 Å². The van der Waals surface area contributed by atoms with E-state index in [1.807, 2.05) is 0 Å². The summed E-state index contributed by atoms with van der Waals surface area (Å²) in [5.74, 6) is -0.121. The van der Waals surface area contributed by atoms with Crippen LogP contribution in [-0.2, 0) is 0 Å². The second-order valence-corrected chi connectivity index (χ2v) is 3.59. The lowest BCUT2D eigenvalue weighted by atomic mass is 10.1. The third-order valence-corrected chi connectivity index (χ3v) is 2.45. The van der Waals surface area contributed by atoms with Crippen LogP contribution in [0.3, 0.4) is 0 Å². The number of aromatic amines is 1. The van der Waals surface area contributed by atoms with Crippen LogP contribution in [0.5, 0.6) is 5.75 Å². The Morgan fingerprint density at radius 2 is 2.12 bits per heavy atom. The quantitative estimate of drug-likeness (QED) is 0.875. The standard InChI is InChI=1S/C11H10F2N2O2/c1-5-3-6-7(4-8(5)17-2)14-10(9(12)13)15-11(6)16/h3-4,9H,1-2H3,(H,14,15,16). The van der Waals surface area contributed by atoms with Gasteiger partial charge in [0.25, 0.3) is 12.0 Å². The third kappa shape index (κ3) is 1.98. The van der Waals surface area contributed by atoms with Crippen LogP contribution in [-0.4, -0.2) is 17.1 Å². The molecule has 0 aliphatic carbocycles. The molecule has 6 heteroatoms. The first-order chi connectivity index (χ1) is 8.02. The molecule has 0 amide bonds. The van der Waals surface area contributed by atoms with Gasteiger partial charge >= 0.3 is 0 Å². The van der Waals surface area contributed by atoms with Gasteiger partial charge < -0.3 is 9.72 Å². The third-order valence-electron chi connectivity index (χ3n) is 2.45. The predicted molar refractivity (Wildman–Crippen MR) is 58.6 cm³/mol. The highest BCUT2D eigenvalue weighted by Gasteiger charge is 2.13. The molecule has 0 radical (unpaired) electrons. The number of nitrogens with one attached hydrogen (secondary N) is 1. The van der Waals surface area contributed by atoms with Crippen molar-refractivity contribution in [2.45, 2.75) is 13.3 Å². The summed E-state index contributed by atoms with van der Waals surface area (Å²) >= 11 is 0. The second kappa shape index (κ2) is 4.12. The van der Waals surface area contributed by atoms with Crippen molar-refractivity contribution in [3.63, 3.8) is 0 Å². The highest BCUT2D eigenvalue weighted by Crippen LogP contribution is 2.23. The van der Waals surface area contributed by atoms with E-state index in [1.165, 1.54) is 13.2 Å². The topological polar surface area (TPSA) is 55.0 Å². The van der Waals surface area contributed by atoms with Crippen molar-refractivity contribution in [1.82, 2.24) is 9.97 Å². The summed E-state index contributed by atoms with van der Waals surface area (Å²) in [7, 11) is 1.47. The largest absolute Gasteiger partial charge is 0.496 e. The van der Waals surface area contributed by atoms with Gasteiger partial charge in [0.05, 0.1) is 18.0 Å². The molecule has 0 bridgehead atoms. The van der Waals surface area contributed by atoms with Gasteiger partial charge in [-0.3, -0.25) is 4.79 Å². The SMILES string of the molecule is COc1cc2nc(C(F)F)[nH]c(=O)c2cc1C. The molecule has 17 heavy (non-hydrogen) atoms. The Kier molecular flexibility index (Phi) is 2.79. The zero-order valence-corrected chi connectivity index (χ0v) is 9.25. The molecule has 90 valence electrons. The molecule has 0 atom stereocenters. The van der Waals surface area contributed by atoms with E-state index in [0.29, 0.717) is 5.75 Å². The lowest BCUT2D eigenvalue weighted by Crippen LogP contribution is -2.12. The molecule has 1 heterocycles. The monoisotopic (exact) mass is 240 g/mol. The maximum atomic E-state index is 12.5. The van der Waals surface area contributed by atoms with Crippen molar-refractivity contribution in [2.75, 3.05) is 7.11 Å². The molecule has 0 aliphatic rings. The van der Waals surface area contributed by atoms with Gasteiger partial charge in [-0.2, -0.15) is 0 Å². The Labute approximate surface area is 95.3 Å². The molecular formula is C11H10F2N2O2. The number of ether oxygens (including phenoxy) is 1. The van der Waals surface area contributed by atoms with E-state index < -0.39 is 17.8 Å². The molecule has 1 aromatic heterocycles. The number of fused-ring (bicyclic) bond motifs is 1. The van der Waals surface area contributed by atoms with Crippen LogP contribution in [0.15, 0.2) is 16.9 Å². The highest BCUT2D eigenvalue weighted by atomic mass is 19.3. The molecule has 0 fully saturated rings. The molecule has 2 rings (SSSR count). The van der Waals surface area contributed by atoms with Gasteiger partial charge in [0.1, 0.15) is 5.75 Å². The number of rotatable bonds is 2. The Morgan fingerprint density at radius 3 is 2.71 bits per heavy atom. The number of hydrogen-bond acceptors (Lipinski definition) is 3. The van der Waals surface area contributed by atoms with Crippen molar-refractivity contribution in [1.29, 1.82) is 0 Å². The summed E-state index contributed by atoms with van der Waals surface area (Å²) in [5.41, 5.74) is 0.375. The van der Waals surface area contributed by atoms with Crippen molar-refractivity contribution in [3.05, 3.63) is 33.9 Å². The fourth-order valence-electron chi connectivity index (χ4n) is 1.62. The number of nitrogens with zero attached hydrogens (tertiary/aromatic N) is 1. The van der Waals surface area contributed by atoms with E-state index in [0.717, 1.165) is 5.56 Å². The number of alkyl halides is 2. The summed E-state index contributed by atoms with van der Waals surface area (Å²) < 4.78 is 30.0. The Bertz CT molecular complexity index is 623. The van der Waals surface area contributed by atoms with E-state index in [4.69, 9.17) is 4.74 Å². The van der Waals surface area contributed by atoms with E-state index >= 15 is 0 Å². The molecule has 4 nitrogen and oxygen atoms in total. The van der Waals surface area contributed by atoms with Crippen LogP contribution in [0.4, 0.5) is 8.78 Å². The molecular weight excluding hydrogens is 230 g/mol. The molecule has 0 spiro atoms. The molecule has 0 aliphatic heterocycles. The zero-order valence-electron chi connectivity index (χ0n) is 9.25. The van der Waals surface area contributed by atoms with E-state index in [9.17, 15) is 13.6 Å². The highest BCUT2D eigenvalue weighted by molar-refractivity contribution is 5.80. The fraction of sp³-hybridized carbons (Fsp3) is 0.273. The first-order valence-electron chi connectivity index (χ1n) is 4.89. The number of hydrogen-bond donors (Lipinski definition) is 1. The van der Waals surface area contributed by atoms with Gasteiger partial charge in [-0.15, -0.1) is 0 Å². The summed E-state index contributed by atoms with van der Waals surface area (Å²) in [6.45, 7) is 1.76.